The van der Waals surface area contributed by atoms with Gasteiger partial charge in [-0.3, -0.25) is 14.9 Å². The van der Waals surface area contributed by atoms with Gasteiger partial charge in [0.15, 0.2) is 15.7 Å². The maximum absolute atomic E-state index is 14.0. The van der Waals surface area contributed by atoms with Gasteiger partial charge in [-0.1, -0.05) is 16.1 Å². The highest BCUT2D eigenvalue weighted by Crippen LogP contribution is 2.28. The minimum absolute atomic E-state index is 0.126. The van der Waals surface area contributed by atoms with Crippen LogP contribution < -0.4 is 5.32 Å². The Labute approximate surface area is 166 Å². The highest BCUT2D eigenvalue weighted by Gasteiger charge is 2.29. The van der Waals surface area contributed by atoms with E-state index >= 15 is 0 Å². The molecule has 0 fully saturated rings. The second-order valence-electron chi connectivity index (χ2n) is 5.24. The third-order valence-corrected chi connectivity index (χ3v) is 6.68. The third kappa shape index (κ3) is 3.83. The molecular formula is C15H8ClFN4O5S2. The summed E-state index contributed by atoms with van der Waals surface area (Å²) < 4.78 is 42.5. The molecule has 1 heterocycles. The number of nitrogens with one attached hydrogen (secondary N) is 1. The zero-order valence-corrected chi connectivity index (χ0v) is 15.9. The number of benzene rings is 2. The van der Waals surface area contributed by atoms with Crippen LogP contribution >= 0.6 is 23.1 Å². The highest BCUT2D eigenvalue weighted by atomic mass is 35.5. The van der Waals surface area contributed by atoms with Gasteiger partial charge in [0.05, 0.1) is 21.6 Å². The van der Waals surface area contributed by atoms with E-state index < -0.39 is 42.1 Å². The van der Waals surface area contributed by atoms with E-state index in [0.29, 0.717) is 22.6 Å². The van der Waals surface area contributed by atoms with Gasteiger partial charge >= 0.3 is 0 Å². The van der Waals surface area contributed by atoms with E-state index in [4.69, 9.17) is 11.6 Å². The SMILES string of the molecule is O=C(Nc1ccc([N+](=O)[O-])cc1F)c1nnsc1S(=O)(=O)c1ccc(Cl)cc1. The molecule has 0 saturated carbocycles. The molecule has 9 nitrogen and oxygen atoms in total. The monoisotopic (exact) mass is 442 g/mol. The Bertz CT molecular complexity index is 1180. The fourth-order valence-corrected chi connectivity index (χ4v) is 4.54. The van der Waals surface area contributed by atoms with E-state index in [-0.39, 0.29) is 10.6 Å². The summed E-state index contributed by atoms with van der Waals surface area (Å²) in [6.45, 7) is 0. The molecule has 0 radical (unpaired) electrons. The van der Waals surface area contributed by atoms with Crippen LogP contribution in [0.4, 0.5) is 15.8 Å². The van der Waals surface area contributed by atoms with E-state index in [1.54, 1.807) is 0 Å². The Balaban J connectivity index is 1.92. The number of non-ortho nitro benzene ring substituents is 1. The van der Waals surface area contributed by atoms with Crippen LogP contribution in [0.5, 0.6) is 0 Å². The van der Waals surface area contributed by atoms with Crippen LogP contribution in [0.15, 0.2) is 51.6 Å². The smallest absolute Gasteiger partial charge is 0.278 e. The van der Waals surface area contributed by atoms with Gasteiger partial charge < -0.3 is 5.32 Å². The maximum atomic E-state index is 14.0. The molecular weight excluding hydrogens is 435 g/mol. The second kappa shape index (κ2) is 7.58. The normalized spacial score (nSPS) is 11.2. The van der Waals surface area contributed by atoms with E-state index in [1.807, 2.05) is 0 Å². The van der Waals surface area contributed by atoms with Crippen LogP contribution in [0.1, 0.15) is 10.5 Å². The zero-order chi connectivity index (χ0) is 20.5. The molecule has 0 bridgehead atoms. The predicted molar refractivity (Wildman–Crippen MR) is 97.8 cm³/mol. The number of hydrogen-bond acceptors (Lipinski definition) is 8. The molecule has 0 atom stereocenters. The van der Waals surface area contributed by atoms with Crippen molar-refractivity contribution >= 4 is 50.3 Å². The first-order valence-electron chi connectivity index (χ1n) is 7.28. The van der Waals surface area contributed by atoms with Gasteiger partial charge in [0.1, 0.15) is 0 Å². The number of nitrogens with zero attached hydrogens (tertiary/aromatic N) is 3. The van der Waals surface area contributed by atoms with Crippen LogP contribution in [-0.4, -0.2) is 28.8 Å². The lowest BCUT2D eigenvalue weighted by molar-refractivity contribution is -0.385. The molecule has 0 unspecified atom stereocenters. The molecule has 0 aliphatic heterocycles. The molecule has 0 saturated heterocycles. The second-order valence-corrected chi connectivity index (χ2v) is 8.58. The minimum atomic E-state index is -4.12. The van der Waals surface area contributed by atoms with Crippen molar-refractivity contribution in [2.75, 3.05) is 5.32 Å². The zero-order valence-electron chi connectivity index (χ0n) is 13.5. The van der Waals surface area contributed by atoms with Gasteiger partial charge in [-0.2, -0.15) is 0 Å². The number of aromatic nitrogens is 2. The van der Waals surface area contributed by atoms with Gasteiger partial charge in [0.2, 0.25) is 9.84 Å². The number of hydrogen-bond donors (Lipinski definition) is 1. The quantitative estimate of drug-likeness (QED) is 0.473. The van der Waals surface area contributed by atoms with Crippen LogP contribution in [-0.2, 0) is 9.84 Å². The number of rotatable bonds is 5. The summed E-state index contributed by atoms with van der Waals surface area (Å²) >= 11 is 6.22. The van der Waals surface area contributed by atoms with Crippen molar-refractivity contribution in [3.8, 4) is 0 Å². The van der Waals surface area contributed by atoms with E-state index in [2.05, 4.69) is 14.9 Å². The van der Waals surface area contributed by atoms with E-state index in [0.717, 1.165) is 12.1 Å². The summed E-state index contributed by atoms with van der Waals surface area (Å²) in [5.74, 6) is -2.10. The third-order valence-electron chi connectivity index (χ3n) is 3.45. The number of amides is 1. The summed E-state index contributed by atoms with van der Waals surface area (Å²) in [6, 6.07) is 7.86. The Morgan fingerprint density at radius 3 is 2.50 bits per heavy atom. The van der Waals surface area contributed by atoms with Gasteiger partial charge in [-0.15, -0.1) is 5.10 Å². The first kappa shape index (κ1) is 19.8. The van der Waals surface area contributed by atoms with Crippen LogP contribution in [0.25, 0.3) is 0 Å². The summed E-state index contributed by atoms with van der Waals surface area (Å²) in [5, 5.41) is 16.6. The van der Waals surface area contributed by atoms with Crippen LogP contribution in [0.2, 0.25) is 5.02 Å². The van der Waals surface area contributed by atoms with Crippen molar-refractivity contribution in [1.82, 2.24) is 9.59 Å². The Hall–Kier alpha value is -2.96. The van der Waals surface area contributed by atoms with E-state index in [9.17, 15) is 27.7 Å². The molecule has 0 aliphatic carbocycles. The predicted octanol–water partition coefficient (Wildman–Crippen LogP) is 3.32. The van der Waals surface area contributed by atoms with Crippen LogP contribution in [0.3, 0.4) is 0 Å². The van der Waals surface area contributed by atoms with Crippen molar-refractivity contribution in [2.45, 2.75) is 9.10 Å². The fourth-order valence-electron chi connectivity index (χ4n) is 2.12. The van der Waals surface area contributed by atoms with Gasteiger partial charge in [0.25, 0.3) is 11.6 Å². The Morgan fingerprint density at radius 2 is 1.89 bits per heavy atom. The summed E-state index contributed by atoms with van der Waals surface area (Å²) in [7, 11) is -4.12. The molecule has 2 aromatic carbocycles. The van der Waals surface area contributed by atoms with Crippen molar-refractivity contribution in [1.29, 1.82) is 0 Å². The number of anilines is 1. The average Bonchev–Trinajstić information content (AvgIpc) is 3.14. The highest BCUT2D eigenvalue weighted by molar-refractivity contribution is 7.93. The molecule has 0 aliphatic rings. The number of nitro groups is 1. The molecule has 28 heavy (non-hydrogen) atoms. The van der Waals surface area contributed by atoms with Gasteiger partial charge in [-0.25, -0.2) is 12.8 Å². The molecule has 3 aromatic rings. The molecule has 3 rings (SSSR count). The van der Waals surface area contributed by atoms with E-state index in [1.165, 1.54) is 24.3 Å². The molecule has 144 valence electrons. The van der Waals surface area contributed by atoms with Crippen molar-refractivity contribution < 1.29 is 22.5 Å². The molecule has 13 heteroatoms. The summed E-state index contributed by atoms with van der Waals surface area (Å²) in [5.41, 5.74) is -1.41. The van der Waals surface area contributed by atoms with Crippen LogP contribution in [0, 0.1) is 15.9 Å². The lowest BCUT2D eigenvalue weighted by atomic mass is 10.2. The standard InChI is InChI=1S/C15H8ClFN4O5S2/c16-8-1-4-10(5-2-8)28(25,26)15-13(19-20-27-15)14(22)18-12-6-3-9(21(23)24)7-11(12)17/h1-7H,(H,18,22). The first-order chi connectivity index (χ1) is 13.2. The maximum Gasteiger partial charge on any atom is 0.278 e. The minimum Gasteiger partial charge on any atom is -0.318 e. The number of sulfone groups is 1. The molecule has 0 spiro atoms. The van der Waals surface area contributed by atoms with Gasteiger partial charge in [0, 0.05) is 22.6 Å². The first-order valence-corrected chi connectivity index (χ1v) is 9.92. The lowest BCUT2D eigenvalue weighted by Gasteiger charge is -2.06. The summed E-state index contributed by atoms with van der Waals surface area (Å²) in [4.78, 5) is 22.1. The van der Waals surface area contributed by atoms with Crippen molar-refractivity contribution in [3.63, 3.8) is 0 Å². The molecule has 1 aromatic heterocycles. The molecule has 1 amide bonds. The van der Waals surface area contributed by atoms with Crippen molar-refractivity contribution in [2.24, 2.45) is 0 Å². The largest absolute Gasteiger partial charge is 0.318 e. The summed E-state index contributed by atoms with van der Waals surface area (Å²) in [6.07, 6.45) is 0. The average molecular weight is 443 g/mol. The number of nitro benzene ring substituents is 1. The number of carbonyl (C=O) groups is 1. The Morgan fingerprint density at radius 1 is 1.21 bits per heavy atom. The topological polar surface area (TPSA) is 132 Å². The van der Waals surface area contributed by atoms with Crippen molar-refractivity contribution in [3.05, 3.63) is 69.1 Å². The Kier molecular flexibility index (Phi) is 5.36. The van der Waals surface area contributed by atoms with Gasteiger partial charge in [-0.05, 0) is 30.3 Å². The lowest BCUT2D eigenvalue weighted by Crippen LogP contribution is -2.17. The molecule has 1 N–H and O–H groups in total. The number of halogens is 2. The fraction of sp³-hybridized carbons (Fsp3) is 0. The number of carbonyl (C=O) groups excluding carboxylic acids is 1.